The van der Waals surface area contributed by atoms with Crippen molar-refractivity contribution in [2.75, 3.05) is 19.6 Å². The first-order chi connectivity index (χ1) is 13.3. The van der Waals surface area contributed by atoms with E-state index >= 15 is 0 Å². The molecule has 150 valence electrons. The summed E-state index contributed by atoms with van der Waals surface area (Å²) < 4.78 is 32.5. The zero-order valence-corrected chi connectivity index (χ0v) is 15.3. The number of aliphatic hydroxyl groups is 2. The predicted octanol–water partition coefficient (Wildman–Crippen LogP) is 2.61. The van der Waals surface area contributed by atoms with Gasteiger partial charge in [-0.05, 0) is 36.2 Å². The molecule has 2 fully saturated rings. The summed E-state index contributed by atoms with van der Waals surface area (Å²) in [5.41, 5.74) is -0.245. The highest BCUT2D eigenvalue weighted by Gasteiger charge is 2.52. The molecule has 1 saturated heterocycles. The summed E-state index contributed by atoms with van der Waals surface area (Å²) in [4.78, 5) is 2.01. The van der Waals surface area contributed by atoms with E-state index in [1.54, 1.807) is 12.1 Å². The quantitative estimate of drug-likeness (QED) is 0.731. The lowest BCUT2D eigenvalue weighted by Gasteiger charge is -2.25. The molecule has 2 aromatic carbocycles. The zero-order chi connectivity index (χ0) is 19.9. The number of ether oxygens (including phenoxy) is 1. The molecule has 4 atom stereocenters. The summed E-state index contributed by atoms with van der Waals surface area (Å²) in [7, 11) is 0. The summed E-state index contributed by atoms with van der Waals surface area (Å²) in [5, 5.41) is 30.8. The summed E-state index contributed by atoms with van der Waals surface area (Å²) in [6, 6.07) is 9.60. The average Bonchev–Trinajstić information content (AvgIpc) is 3.08. The molecule has 0 amide bonds. The molecular formula is C21H23F2NO4. The number of phenolic OH excluding ortho intramolecular Hbond substituents is 1. The fourth-order valence-electron chi connectivity index (χ4n) is 4.41. The van der Waals surface area contributed by atoms with E-state index in [0.717, 1.165) is 12.1 Å². The lowest BCUT2D eigenvalue weighted by molar-refractivity contribution is 0.0175. The van der Waals surface area contributed by atoms with Crippen LogP contribution in [-0.2, 0) is 0 Å². The van der Waals surface area contributed by atoms with Crippen molar-refractivity contribution < 1.29 is 28.8 Å². The van der Waals surface area contributed by atoms with Gasteiger partial charge < -0.3 is 20.1 Å². The molecule has 7 heteroatoms. The van der Waals surface area contributed by atoms with Crippen LogP contribution in [0.15, 0.2) is 42.5 Å². The number of aliphatic hydroxyl groups excluding tert-OH is 1. The molecule has 2 aromatic rings. The van der Waals surface area contributed by atoms with E-state index in [2.05, 4.69) is 0 Å². The molecule has 3 N–H and O–H groups in total. The normalized spacial score (nSPS) is 28.3. The van der Waals surface area contributed by atoms with Crippen LogP contribution in [0.4, 0.5) is 8.78 Å². The van der Waals surface area contributed by atoms with Crippen molar-refractivity contribution in [1.29, 1.82) is 0 Å². The maximum Gasteiger partial charge on any atom is 0.167 e. The van der Waals surface area contributed by atoms with E-state index in [9.17, 15) is 24.1 Å². The van der Waals surface area contributed by atoms with Crippen LogP contribution in [0.1, 0.15) is 24.5 Å². The molecule has 0 spiro atoms. The van der Waals surface area contributed by atoms with Crippen LogP contribution in [0.3, 0.4) is 0 Å². The Morgan fingerprint density at radius 1 is 1.18 bits per heavy atom. The molecule has 2 aliphatic rings. The van der Waals surface area contributed by atoms with Crippen molar-refractivity contribution in [2.45, 2.75) is 30.7 Å². The number of β-amino-alcohol motifs (C(OH)–C–C–N with tert-alkyl or cyclic N) is 2. The van der Waals surface area contributed by atoms with Crippen molar-refractivity contribution >= 4 is 0 Å². The van der Waals surface area contributed by atoms with Gasteiger partial charge in [0.15, 0.2) is 11.6 Å². The van der Waals surface area contributed by atoms with Crippen LogP contribution in [0.2, 0.25) is 0 Å². The Morgan fingerprint density at radius 2 is 1.93 bits per heavy atom. The Hall–Kier alpha value is -2.22. The number of halogens is 2. The van der Waals surface area contributed by atoms with Gasteiger partial charge in [-0.1, -0.05) is 12.1 Å². The van der Waals surface area contributed by atoms with Gasteiger partial charge in [0.25, 0.3) is 0 Å². The van der Waals surface area contributed by atoms with Gasteiger partial charge in [-0.2, -0.15) is 0 Å². The second-order valence-electron chi connectivity index (χ2n) is 7.86. The third-order valence-corrected chi connectivity index (χ3v) is 5.76. The van der Waals surface area contributed by atoms with E-state index in [0.29, 0.717) is 38.0 Å². The first-order valence-corrected chi connectivity index (χ1v) is 9.36. The average molecular weight is 391 g/mol. The molecule has 1 aliphatic heterocycles. The second kappa shape index (κ2) is 7.31. The molecule has 0 radical (unpaired) electrons. The molecule has 1 unspecified atom stereocenters. The largest absolute Gasteiger partial charge is 0.508 e. The van der Waals surface area contributed by atoms with Crippen LogP contribution in [-0.4, -0.2) is 51.6 Å². The van der Waals surface area contributed by atoms with Crippen LogP contribution in [0.5, 0.6) is 11.5 Å². The standard InChI is InChI=1S/C21H23F2NO4/c22-15-3-6-20(18(23)8-15)28-17-7-14-10-24(12-21(14,27)9-17)11-19(26)13-1-4-16(25)5-2-13/h1-6,8,14,17,19,25-27H,7,9-12H2/t14-,17+,19?,21-/m0/s1. The molecule has 0 aromatic heterocycles. The summed E-state index contributed by atoms with van der Waals surface area (Å²) in [6.45, 7) is 1.39. The van der Waals surface area contributed by atoms with Gasteiger partial charge in [0.1, 0.15) is 17.7 Å². The predicted molar refractivity (Wildman–Crippen MR) is 98.0 cm³/mol. The lowest BCUT2D eigenvalue weighted by Crippen LogP contribution is -2.36. The number of rotatable bonds is 5. The van der Waals surface area contributed by atoms with E-state index in [1.807, 2.05) is 4.90 Å². The molecule has 4 rings (SSSR count). The number of fused-ring (bicyclic) bond motifs is 1. The maximum absolute atomic E-state index is 13.8. The number of benzene rings is 2. The topological polar surface area (TPSA) is 73.2 Å². The highest BCUT2D eigenvalue weighted by Crippen LogP contribution is 2.43. The van der Waals surface area contributed by atoms with E-state index < -0.39 is 23.3 Å². The first kappa shape index (κ1) is 19.1. The van der Waals surface area contributed by atoms with Crippen LogP contribution in [0, 0.1) is 17.6 Å². The van der Waals surface area contributed by atoms with Crippen molar-refractivity contribution in [3.05, 3.63) is 59.7 Å². The molecule has 1 aliphatic carbocycles. The van der Waals surface area contributed by atoms with Gasteiger partial charge in [-0.3, -0.25) is 4.90 Å². The van der Waals surface area contributed by atoms with Gasteiger partial charge >= 0.3 is 0 Å². The molecule has 5 nitrogen and oxygen atoms in total. The van der Waals surface area contributed by atoms with Crippen molar-refractivity contribution in [1.82, 2.24) is 4.90 Å². The van der Waals surface area contributed by atoms with E-state index in [1.165, 1.54) is 18.2 Å². The molecule has 0 bridgehead atoms. The molecule has 1 saturated carbocycles. The minimum atomic E-state index is -0.949. The molecule has 1 heterocycles. The Balaban J connectivity index is 1.35. The summed E-state index contributed by atoms with van der Waals surface area (Å²) in [5.74, 6) is -1.30. The van der Waals surface area contributed by atoms with Crippen LogP contribution < -0.4 is 4.74 Å². The van der Waals surface area contributed by atoms with Gasteiger partial charge in [0, 0.05) is 38.0 Å². The second-order valence-corrected chi connectivity index (χ2v) is 7.86. The smallest absolute Gasteiger partial charge is 0.167 e. The fourth-order valence-corrected chi connectivity index (χ4v) is 4.41. The van der Waals surface area contributed by atoms with Crippen molar-refractivity contribution in [2.24, 2.45) is 5.92 Å². The molecular weight excluding hydrogens is 368 g/mol. The van der Waals surface area contributed by atoms with Crippen LogP contribution >= 0.6 is 0 Å². The minimum Gasteiger partial charge on any atom is -0.508 e. The summed E-state index contributed by atoms with van der Waals surface area (Å²) >= 11 is 0. The van der Waals surface area contributed by atoms with Gasteiger partial charge in [-0.15, -0.1) is 0 Å². The van der Waals surface area contributed by atoms with Gasteiger partial charge in [0.2, 0.25) is 0 Å². The number of nitrogens with zero attached hydrogens (tertiary/aromatic N) is 1. The number of aromatic hydroxyl groups is 1. The fraction of sp³-hybridized carbons (Fsp3) is 0.429. The minimum absolute atomic E-state index is 0.00502. The van der Waals surface area contributed by atoms with Gasteiger partial charge in [-0.25, -0.2) is 8.78 Å². The highest BCUT2D eigenvalue weighted by atomic mass is 19.1. The third kappa shape index (κ3) is 3.83. The van der Waals surface area contributed by atoms with Gasteiger partial charge in [0.05, 0.1) is 11.7 Å². The Kier molecular flexibility index (Phi) is 4.99. The third-order valence-electron chi connectivity index (χ3n) is 5.76. The van der Waals surface area contributed by atoms with Crippen molar-refractivity contribution in [3.8, 4) is 11.5 Å². The Morgan fingerprint density at radius 3 is 2.61 bits per heavy atom. The van der Waals surface area contributed by atoms with Crippen LogP contribution in [0.25, 0.3) is 0 Å². The molecule has 28 heavy (non-hydrogen) atoms. The lowest BCUT2D eigenvalue weighted by atomic mass is 9.95. The Labute approximate surface area is 161 Å². The van der Waals surface area contributed by atoms with E-state index in [-0.39, 0.29) is 23.5 Å². The number of hydrogen-bond donors (Lipinski definition) is 3. The van der Waals surface area contributed by atoms with E-state index in [4.69, 9.17) is 4.74 Å². The summed E-state index contributed by atoms with van der Waals surface area (Å²) in [6.07, 6.45) is -0.123. The van der Waals surface area contributed by atoms with Crippen molar-refractivity contribution in [3.63, 3.8) is 0 Å². The number of likely N-dealkylation sites (tertiary alicyclic amines) is 1. The first-order valence-electron chi connectivity index (χ1n) is 9.36. The number of phenols is 1. The zero-order valence-electron chi connectivity index (χ0n) is 15.3. The SMILES string of the molecule is Oc1ccc(C(O)CN2C[C@@H]3C[C@@H](Oc4ccc(F)cc4F)C[C@]3(O)C2)cc1. The number of hydrogen-bond acceptors (Lipinski definition) is 5. The highest BCUT2D eigenvalue weighted by molar-refractivity contribution is 5.28. The maximum atomic E-state index is 13.8. The Bertz CT molecular complexity index is 847. The monoisotopic (exact) mass is 391 g/mol.